The Morgan fingerprint density at radius 1 is 1.00 bits per heavy atom. The molecule has 5 nitrogen and oxygen atoms in total. The molecule has 30 heavy (non-hydrogen) atoms. The van der Waals surface area contributed by atoms with Gasteiger partial charge in [-0.3, -0.25) is 4.79 Å². The van der Waals surface area contributed by atoms with Gasteiger partial charge in [0.25, 0.3) is 0 Å². The molecule has 5 heteroatoms. The second-order valence-corrected chi connectivity index (χ2v) is 7.13. The van der Waals surface area contributed by atoms with Gasteiger partial charge in [-0.25, -0.2) is 0 Å². The third-order valence-electron chi connectivity index (χ3n) is 5.25. The number of furan rings is 1. The molecule has 1 heterocycles. The third-order valence-corrected chi connectivity index (χ3v) is 5.25. The molecular formula is C25H29NO4. The number of nitrogens with zero attached hydrogens (tertiary/aromatic N) is 1. The van der Waals surface area contributed by atoms with Gasteiger partial charge in [-0.1, -0.05) is 43.3 Å². The molecule has 1 aromatic heterocycles. The lowest BCUT2D eigenvalue weighted by molar-refractivity contribution is -0.131. The van der Waals surface area contributed by atoms with Crippen molar-refractivity contribution in [3.63, 3.8) is 0 Å². The van der Waals surface area contributed by atoms with Gasteiger partial charge in [-0.2, -0.15) is 0 Å². The van der Waals surface area contributed by atoms with E-state index in [1.54, 1.807) is 20.5 Å². The van der Waals surface area contributed by atoms with Crippen molar-refractivity contribution >= 4 is 5.91 Å². The van der Waals surface area contributed by atoms with Crippen LogP contribution in [0.25, 0.3) is 0 Å². The Morgan fingerprint density at radius 2 is 1.77 bits per heavy atom. The van der Waals surface area contributed by atoms with Crippen molar-refractivity contribution in [1.82, 2.24) is 4.90 Å². The highest BCUT2D eigenvalue weighted by Gasteiger charge is 2.20. The Hall–Kier alpha value is -3.21. The molecule has 0 spiro atoms. The van der Waals surface area contributed by atoms with Gasteiger partial charge in [0.15, 0.2) is 11.5 Å². The fourth-order valence-electron chi connectivity index (χ4n) is 3.65. The zero-order valence-corrected chi connectivity index (χ0v) is 17.8. The summed E-state index contributed by atoms with van der Waals surface area (Å²) in [5.41, 5.74) is 2.19. The molecule has 1 unspecified atom stereocenters. The maximum Gasteiger partial charge on any atom is 0.222 e. The molecule has 1 atom stereocenters. The first-order chi connectivity index (χ1) is 14.7. The Morgan fingerprint density at radius 3 is 2.40 bits per heavy atom. The lowest BCUT2D eigenvalue weighted by Crippen LogP contribution is -2.31. The molecule has 0 aliphatic rings. The van der Waals surface area contributed by atoms with Gasteiger partial charge in [0.2, 0.25) is 5.91 Å². The minimum absolute atomic E-state index is 0.0961. The zero-order chi connectivity index (χ0) is 21.3. The van der Waals surface area contributed by atoms with Gasteiger partial charge in [0, 0.05) is 25.4 Å². The first-order valence-electron chi connectivity index (χ1n) is 10.2. The van der Waals surface area contributed by atoms with Crippen LogP contribution in [0.1, 0.15) is 42.6 Å². The van der Waals surface area contributed by atoms with Crippen LogP contribution < -0.4 is 9.47 Å². The Kier molecular flexibility index (Phi) is 7.55. The number of rotatable bonds is 10. The van der Waals surface area contributed by atoms with Gasteiger partial charge in [-0.05, 0) is 41.8 Å². The molecule has 0 radical (unpaired) electrons. The summed E-state index contributed by atoms with van der Waals surface area (Å²) in [7, 11) is 3.23. The average molecular weight is 408 g/mol. The highest BCUT2D eigenvalue weighted by atomic mass is 16.5. The van der Waals surface area contributed by atoms with Crippen LogP contribution in [0.3, 0.4) is 0 Å². The van der Waals surface area contributed by atoms with Gasteiger partial charge >= 0.3 is 0 Å². The van der Waals surface area contributed by atoms with Crippen LogP contribution in [0.2, 0.25) is 0 Å². The van der Waals surface area contributed by atoms with Crippen LogP contribution >= 0.6 is 0 Å². The van der Waals surface area contributed by atoms with E-state index in [0.29, 0.717) is 31.0 Å². The smallest absolute Gasteiger partial charge is 0.222 e. The quantitative estimate of drug-likeness (QED) is 0.460. The maximum absolute atomic E-state index is 12.7. The predicted molar refractivity (Wildman–Crippen MR) is 117 cm³/mol. The van der Waals surface area contributed by atoms with E-state index in [4.69, 9.17) is 13.9 Å². The number of carbonyl (C=O) groups is 1. The van der Waals surface area contributed by atoms with Crippen LogP contribution in [0.5, 0.6) is 11.5 Å². The Balaban J connectivity index is 1.78. The molecule has 0 N–H and O–H groups in total. The lowest BCUT2D eigenvalue weighted by atomic mass is 9.93. The van der Waals surface area contributed by atoms with Crippen LogP contribution in [0.15, 0.2) is 71.3 Å². The molecule has 2 aromatic carbocycles. The summed E-state index contributed by atoms with van der Waals surface area (Å²) >= 11 is 0. The number of methoxy groups -OCH3 is 2. The Labute approximate surface area is 178 Å². The molecular weight excluding hydrogens is 378 g/mol. The standard InChI is InChI=1S/C25H29NO4/c1-4-25(27)26(18-19-12-13-23(28-2)24(17-19)29-3)15-14-21(22-11-8-16-30-22)20-9-6-5-7-10-20/h5-13,16-17,21H,4,14-15,18H2,1-3H3. The summed E-state index contributed by atoms with van der Waals surface area (Å²) in [4.78, 5) is 14.6. The SMILES string of the molecule is CCC(=O)N(CCC(c1ccccc1)c1ccco1)Cc1ccc(OC)c(OC)c1. The molecule has 158 valence electrons. The zero-order valence-electron chi connectivity index (χ0n) is 17.8. The lowest BCUT2D eigenvalue weighted by Gasteiger charge is -2.25. The summed E-state index contributed by atoms with van der Waals surface area (Å²) in [6.07, 6.45) is 2.93. The largest absolute Gasteiger partial charge is 0.493 e. The van der Waals surface area contributed by atoms with E-state index < -0.39 is 0 Å². The van der Waals surface area contributed by atoms with E-state index >= 15 is 0 Å². The molecule has 0 aliphatic heterocycles. The molecule has 0 saturated heterocycles. The summed E-state index contributed by atoms with van der Waals surface area (Å²) in [5.74, 6) is 2.47. The molecule has 1 amide bonds. The monoisotopic (exact) mass is 407 g/mol. The number of carbonyl (C=O) groups excluding carboxylic acids is 1. The first-order valence-corrected chi connectivity index (χ1v) is 10.2. The molecule has 3 aromatic rings. The molecule has 0 fully saturated rings. The minimum atomic E-state index is 0.0961. The van der Waals surface area contributed by atoms with Crippen molar-refractivity contribution < 1.29 is 18.7 Å². The van der Waals surface area contributed by atoms with Crippen LogP contribution in [-0.2, 0) is 11.3 Å². The third kappa shape index (κ3) is 5.23. The van der Waals surface area contributed by atoms with E-state index in [1.165, 1.54) is 5.56 Å². The predicted octanol–water partition coefficient (Wildman–Crippen LogP) is 5.26. The van der Waals surface area contributed by atoms with E-state index in [-0.39, 0.29) is 11.8 Å². The highest BCUT2D eigenvalue weighted by Crippen LogP contribution is 2.30. The van der Waals surface area contributed by atoms with E-state index in [0.717, 1.165) is 17.7 Å². The number of benzene rings is 2. The molecule has 3 rings (SSSR count). The average Bonchev–Trinajstić information content (AvgIpc) is 3.33. The van der Waals surface area contributed by atoms with Gasteiger partial charge in [0.05, 0.1) is 20.5 Å². The second-order valence-electron chi connectivity index (χ2n) is 7.13. The van der Waals surface area contributed by atoms with Crippen LogP contribution in [0.4, 0.5) is 0 Å². The maximum atomic E-state index is 12.7. The van der Waals surface area contributed by atoms with Crippen LogP contribution in [0, 0.1) is 0 Å². The van der Waals surface area contributed by atoms with Crippen molar-refractivity contribution in [3.05, 3.63) is 83.8 Å². The van der Waals surface area contributed by atoms with Crippen molar-refractivity contribution in [3.8, 4) is 11.5 Å². The number of amides is 1. The molecule has 0 bridgehead atoms. The van der Waals surface area contributed by atoms with Crippen molar-refractivity contribution in [1.29, 1.82) is 0 Å². The minimum Gasteiger partial charge on any atom is -0.493 e. The van der Waals surface area contributed by atoms with Gasteiger partial charge in [-0.15, -0.1) is 0 Å². The molecule has 0 aliphatic carbocycles. The number of hydrogen-bond acceptors (Lipinski definition) is 4. The van der Waals surface area contributed by atoms with E-state index in [2.05, 4.69) is 12.1 Å². The number of hydrogen-bond donors (Lipinski definition) is 0. The Bertz CT molecular complexity index is 922. The second kappa shape index (κ2) is 10.5. The van der Waals surface area contributed by atoms with Crippen molar-refractivity contribution in [2.24, 2.45) is 0 Å². The van der Waals surface area contributed by atoms with E-state index in [1.807, 2.05) is 60.4 Å². The first kappa shape index (κ1) is 21.5. The van der Waals surface area contributed by atoms with Gasteiger partial charge in [0.1, 0.15) is 5.76 Å². The van der Waals surface area contributed by atoms with Crippen molar-refractivity contribution in [2.45, 2.75) is 32.2 Å². The number of ether oxygens (including phenoxy) is 2. The summed E-state index contributed by atoms with van der Waals surface area (Å²) in [6, 6.07) is 20.0. The normalized spacial score (nSPS) is 11.7. The summed E-state index contributed by atoms with van der Waals surface area (Å²) < 4.78 is 16.4. The summed E-state index contributed by atoms with van der Waals surface area (Å²) in [5, 5.41) is 0. The van der Waals surface area contributed by atoms with Crippen LogP contribution in [-0.4, -0.2) is 31.6 Å². The fraction of sp³-hybridized carbons (Fsp3) is 0.320. The van der Waals surface area contributed by atoms with Gasteiger partial charge < -0.3 is 18.8 Å². The van der Waals surface area contributed by atoms with Crippen molar-refractivity contribution in [2.75, 3.05) is 20.8 Å². The summed E-state index contributed by atoms with van der Waals surface area (Å²) in [6.45, 7) is 3.04. The molecule has 0 saturated carbocycles. The topological polar surface area (TPSA) is 51.9 Å². The van der Waals surface area contributed by atoms with E-state index in [9.17, 15) is 4.79 Å². The fourth-order valence-corrected chi connectivity index (χ4v) is 3.65. The highest BCUT2D eigenvalue weighted by molar-refractivity contribution is 5.75.